The molecule has 1 aliphatic heterocycles. The van der Waals surface area contributed by atoms with Crippen LogP contribution in [-0.4, -0.2) is 37.9 Å². The fourth-order valence-electron chi connectivity index (χ4n) is 2.10. The van der Waals surface area contributed by atoms with Crippen LogP contribution in [0.4, 0.5) is 5.82 Å². The molecule has 1 saturated heterocycles. The Morgan fingerprint density at radius 3 is 3.11 bits per heavy atom. The first-order chi connectivity index (χ1) is 8.70. The number of nitrogens with one attached hydrogen (secondary N) is 1. The van der Waals surface area contributed by atoms with Crippen molar-refractivity contribution in [3.63, 3.8) is 0 Å². The van der Waals surface area contributed by atoms with Gasteiger partial charge in [-0.25, -0.2) is 9.97 Å². The van der Waals surface area contributed by atoms with E-state index < -0.39 is 0 Å². The van der Waals surface area contributed by atoms with Gasteiger partial charge in [0.15, 0.2) is 11.5 Å². The SMILES string of the molecule is O=C1CC(CBr)CN1c1ncnc2n[nH]c(I)c12. The summed E-state index contributed by atoms with van der Waals surface area (Å²) in [6.45, 7) is 0.692. The number of rotatable bonds is 2. The number of H-pyrrole nitrogens is 1. The number of fused-ring (bicyclic) bond motifs is 1. The van der Waals surface area contributed by atoms with Crippen molar-refractivity contribution < 1.29 is 4.79 Å². The van der Waals surface area contributed by atoms with E-state index in [4.69, 9.17) is 0 Å². The minimum absolute atomic E-state index is 0.108. The summed E-state index contributed by atoms with van der Waals surface area (Å²) in [4.78, 5) is 22.1. The summed E-state index contributed by atoms with van der Waals surface area (Å²) in [5, 5.41) is 8.60. The lowest BCUT2D eigenvalue weighted by Crippen LogP contribution is -2.26. The van der Waals surface area contributed by atoms with Crippen molar-refractivity contribution in [3.8, 4) is 0 Å². The molecule has 0 spiro atoms. The monoisotopic (exact) mass is 421 g/mol. The van der Waals surface area contributed by atoms with Crippen LogP contribution in [0.5, 0.6) is 0 Å². The molecule has 3 rings (SSSR count). The summed E-state index contributed by atoms with van der Waals surface area (Å²) in [5.74, 6) is 1.11. The predicted octanol–water partition coefficient (Wildman–Crippen LogP) is 1.71. The number of alkyl halides is 1. The lowest BCUT2D eigenvalue weighted by molar-refractivity contribution is -0.117. The van der Waals surface area contributed by atoms with Gasteiger partial charge in [-0.15, -0.1) is 0 Å². The number of amides is 1. The van der Waals surface area contributed by atoms with Crippen molar-refractivity contribution in [2.45, 2.75) is 6.42 Å². The van der Waals surface area contributed by atoms with Crippen LogP contribution in [0.15, 0.2) is 6.33 Å². The van der Waals surface area contributed by atoms with E-state index in [1.165, 1.54) is 6.33 Å². The van der Waals surface area contributed by atoms with Crippen LogP contribution in [0.1, 0.15) is 6.42 Å². The molecule has 3 heterocycles. The molecule has 0 aromatic carbocycles. The number of nitrogens with zero attached hydrogens (tertiary/aromatic N) is 4. The van der Waals surface area contributed by atoms with Crippen molar-refractivity contribution in [1.29, 1.82) is 0 Å². The van der Waals surface area contributed by atoms with Crippen molar-refractivity contribution in [3.05, 3.63) is 10.0 Å². The number of carbonyl (C=O) groups is 1. The minimum atomic E-state index is 0.108. The molecular weight excluding hydrogens is 413 g/mol. The van der Waals surface area contributed by atoms with Crippen LogP contribution in [0.3, 0.4) is 0 Å². The van der Waals surface area contributed by atoms with Crippen LogP contribution >= 0.6 is 38.5 Å². The van der Waals surface area contributed by atoms with Gasteiger partial charge in [0.05, 0.1) is 5.39 Å². The molecular formula is C10H9BrIN5O. The average molecular weight is 422 g/mol. The quantitative estimate of drug-likeness (QED) is 0.591. The minimum Gasteiger partial charge on any atom is -0.296 e. The maximum Gasteiger partial charge on any atom is 0.228 e. The summed E-state index contributed by atoms with van der Waals surface area (Å²) < 4.78 is 0.855. The number of aromatic nitrogens is 4. The number of carbonyl (C=O) groups excluding carboxylic acids is 1. The molecule has 1 N–H and O–H groups in total. The number of halogens is 2. The number of aromatic amines is 1. The van der Waals surface area contributed by atoms with Gasteiger partial charge in [0.25, 0.3) is 0 Å². The Morgan fingerprint density at radius 1 is 1.56 bits per heavy atom. The predicted molar refractivity (Wildman–Crippen MR) is 78.7 cm³/mol. The van der Waals surface area contributed by atoms with E-state index in [2.05, 4.69) is 58.7 Å². The lowest BCUT2D eigenvalue weighted by Gasteiger charge is -2.15. The molecule has 0 radical (unpaired) electrons. The first-order valence-corrected chi connectivity index (χ1v) is 7.61. The number of anilines is 1. The van der Waals surface area contributed by atoms with E-state index in [9.17, 15) is 4.79 Å². The molecule has 18 heavy (non-hydrogen) atoms. The van der Waals surface area contributed by atoms with Gasteiger partial charge >= 0.3 is 0 Å². The van der Waals surface area contributed by atoms with Crippen LogP contribution in [0, 0.1) is 9.62 Å². The van der Waals surface area contributed by atoms with Gasteiger partial charge in [0, 0.05) is 18.3 Å². The van der Waals surface area contributed by atoms with Crippen molar-refractivity contribution in [2.24, 2.45) is 5.92 Å². The third-order valence-corrected chi connectivity index (χ3v) is 4.66. The van der Waals surface area contributed by atoms with E-state index in [-0.39, 0.29) is 5.91 Å². The summed E-state index contributed by atoms with van der Waals surface area (Å²) in [6.07, 6.45) is 2.01. The van der Waals surface area contributed by atoms with E-state index in [1.807, 2.05) is 0 Å². The smallest absolute Gasteiger partial charge is 0.228 e. The molecule has 2 aromatic rings. The Morgan fingerprint density at radius 2 is 2.39 bits per heavy atom. The number of hydrogen-bond acceptors (Lipinski definition) is 4. The van der Waals surface area contributed by atoms with Gasteiger partial charge in [-0.05, 0) is 28.5 Å². The Hall–Kier alpha value is -0.770. The second-order valence-corrected chi connectivity index (χ2v) is 5.89. The summed E-state index contributed by atoms with van der Waals surface area (Å²) >= 11 is 5.57. The van der Waals surface area contributed by atoms with Crippen molar-refractivity contribution in [1.82, 2.24) is 20.2 Å². The van der Waals surface area contributed by atoms with Gasteiger partial charge in [0.1, 0.15) is 10.0 Å². The maximum atomic E-state index is 12.0. The molecule has 0 bridgehead atoms. The highest BCUT2D eigenvalue weighted by Crippen LogP contribution is 2.30. The third-order valence-electron chi connectivity index (χ3n) is 2.97. The summed E-state index contributed by atoms with van der Waals surface area (Å²) in [5.41, 5.74) is 0.597. The highest BCUT2D eigenvalue weighted by atomic mass is 127. The molecule has 2 aromatic heterocycles. The zero-order chi connectivity index (χ0) is 12.7. The average Bonchev–Trinajstić information content (AvgIpc) is 2.93. The topological polar surface area (TPSA) is 74.8 Å². The highest BCUT2D eigenvalue weighted by Gasteiger charge is 2.32. The van der Waals surface area contributed by atoms with Gasteiger partial charge in [-0.1, -0.05) is 15.9 Å². The second-order valence-electron chi connectivity index (χ2n) is 4.16. The molecule has 8 heteroatoms. The van der Waals surface area contributed by atoms with E-state index >= 15 is 0 Å². The van der Waals surface area contributed by atoms with Crippen LogP contribution in [0.2, 0.25) is 0 Å². The van der Waals surface area contributed by atoms with Crippen molar-refractivity contribution >= 4 is 61.3 Å². The molecule has 1 unspecified atom stereocenters. The maximum absolute atomic E-state index is 12.0. The Balaban J connectivity index is 2.09. The Bertz CT molecular complexity index is 615. The molecule has 1 aliphatic rings. The van der Waals surface area contributed by atoms with Crippen LogP contribution in [-0.2, 0) is 4.79 Å². The molecule has 94 valence electrons. The largest absolute Gasteiger partial charge is 0.296 e. The van der Waals surface area contributed by atoms with Gasteiger partial charge in [-0.3, -0.25) is 14.8 Å². The second kappa shape index (κ2) is 4.72. The van der Waals surface area contributed by atoms with Gasteiger partial charge in [-0.2, -0.15) is 5.10 Å². The fraction of sp³-hybridized carbons (Fsp3) is 0.400. The van der Waals surface area contributed by atoms with E-state index in [1.54, 1.807) is 4.90 Å². The summed E-state index contributed by atoms with van der Waals surface area (Å²) in [7, 11) is 0. The first kappa shape index (κ1) is 12.3. The zero-order valence-corrected chi connectivity index (χ0v) is 13.0. The normalized spacial score (nSPS) is 20.0. The third kappa shape index (κ3) is 1.91. The molecule has 6 nitrogen and oxygen atoms in total. The standard InChI is InChI=1S/C10H9BrIN5O/c11-2-5-1-6(18)17(3-5)10-7-8(12)15-16-9(7)13-4-14-10/h4-5H,1-3H2,(H,13,14,15,16). The van der Waals surface area contributed by atoms with Crippen molar-refractivity contribution in [2.75, 3.05) is 16.8 Å². The fourth-order valence-corrected chi connectivity index (χ4v) is 3.14. The van der Waals surface area contributed by atoms with Gasteiger partial charge in [0.2, 0.25) is 5.91 Å². The molecule has 1 fully saturated rings. The zero-order valence-electron chi connectivity index (χ0n) is 9.23. The molecule has 1 atom stereocenters. The highest BCUT2D eigenvalue weighted by molar-refractivity contribution is 14.1. The lowest BCUT2D eigenvalue weighted by atomic mass is 10.2. The molecule has 0 saturated carbocycles. The summed E-state index contributed by atoms with van der Waals surface area (Å²) in [6, 6.07) is 0. The van der Waals surface area contributed by atoms with E-state index in [0.29, 0.717) is 30.3 Å². The van der Waals surface area contributed by atoms with E-state index in [0.717, 1.165) is 14.4 Å². The first-order valence-electron chi connectivity index (χ1n) is 5.41. The van der Waals surface area contributed by atoms with Crippen LogP contribution in [0.25, 0.3) is 11.0 Å². The van der Waals surface area contributed by atoms with Crippen LogP contribution < -0.4 is 4.90 Å². The Kier molecular flexibility index (Phi) is 3.22. The molecule has 1 amide bonds. The number of hydrogen-bond donors (Lipinski definition) is 1. The molecule has 0 aliphatic carbocycles. The Labute approximate surface area is 125 Å². The van der Waals surface area contributed by atoms with Gasteiger partial charge < -0.3 is 0 Å².